The first-order valence-corrected chi connectivity index (χ1v) is 10.2. The van der Waals surface area contributed by atoms with Crippen molar-refractivity contribution in [2.75, 3.05) is 12.9 Å². The van der Waals surface area contributed by atoms with Crippen molar-refractivity contribution >= 4 is 35.2 Å². The SMILES string of the molecule is COc1ccc(Cl)cc1C(=O)NNC(=O)CSc1nnnn1-c1c(C)cccc1C. The Kier molecular flexibility index (Phi) is 6.91. The van der Waals surface area contributed by atoms with Crippen molar-refractivity contribution in [2.24, 2.45) is 0 Å². The van der Waals surface area contributed by atoms with Crippen LogP contribution in [0.1, 0.15) is 21.5 Å². The second kappa shape index (κ2) is 9.59. The number of para-hydroxylation sites is 1. The molecule has 0 spiro atoms. The van der Waals surface area contributed by atoms with Crippen LogP contribution < -0.4 is 15.6 Å². The number of aryl methyl sites for hydroxylation is 2. The number of nitrogens with one attached hydrogen (secondary N) is 2. The van der Waals surface area contributed by atoms with Gasteiger partial charge in [-0.15, -0.1) is 5.10 Å². The molecular weight excluding hydrogens is 428 g/mol. The summed E-state index contributed by atoms with van der Waals surface area (Å²) in [4.78, 5) is 24.5. The largest absolute Gasteiger partial charge is 0.496 e. The summed E-state index contributed by atoms with van der Waals surface area (Å²) in [6, 6.07) is 10.5. The minimum absolute atomic E-state index is 0.00172. The molecule has 9 nitrogen and oxygen atoms in total. The average Bonchev–Trinajstić information content (AvgIpc) is 3.18. The molecule has 0 fully saturated rings. The fourth-order valence-electron chi connectivity index (χ4n) is 2.77. The van der Waals surface area contributed by atoms with Crippen LogP contribution in [-0.4, -0.2) is 44.9 Å². The van der Waals surface area contributed by atoms with E-state index in [-0.39, 0.29) is 11.3 Å². The number of nitrogens with zero attached hydrogens (tertiary/aromatic N) is 4. The monoisotopic (exact) mass is 446 g/mol. The van der Waals surface area contributed by atoms with Crippen LogP contribution >= 0.6 is 23.4 Å². The number of hydrazine groups is 1. The van der Waals surface area contributed by atoms with E-state index in [9.17, 15) is 9.59 Å². The van der Waals surface area contributed by atoms with Crippen molar-refractivity contribution < 1.29 is 14.3 Å². The maximum absolute atomic E-state index is 12.3. The standard InChI is InChI=1S/C19H19ClN6O3S/c1-11-5-4-6-12(2)17(11)26-19(23-24-25-26)30-10-16(27)21-22-18(28)14-9-13(20)7-8-15(14)29-3/h4-9H,10H2,1-3H3,(H,21,27)(H,22,28). The van der Waals surface area contributed by atoms with Gasteiger partial charge in [-0.25, -0.2) is 0 Å². The van der Waals surface area contributed by atoms with E-state index in [1.807, 2.05) is 32.0 Å². The molecule has 2 amide bonds. The highest BCUT2D eigenvalue weighted by atomic mass is 35.5. The van der Waals surface area contributed by atoms with Crippen LogP contribution in [0.4, 0.5) is 0 Å². The van der Waals surface area contributed by atoms with E-state index < -0.39 is 11.8 Å². The molecule has 156 valence electrons. The molecule has 2 aromatic carbocycles. The van der Waals surface area contributed by atoms with E-state index in [1.165, 1.54) is 13.2 Å². The zero-order valence-corrected chi connectivity index (χ0v) is 18.0. The molecule has 0 aliphatic rings. The van der Waals surface area contributed by atoms with Gasteiger partial charge in [0.25, 0.3) is 5.91 Å². The fourth-order valence-corrected chi connectivity index (χ4v) is 3.62. The smallest absolute Gasteiger partial charge is 0.273 e. The summed E-state index contributed by atoms with van der Waals surface area (Å²) in [6.07, 6.45) is 0. The molecule has 3 aromatic rings. The molecule has 0 saturated carbocycles. The summed E-state index contributed by atoms with van der Waals surface area (Å²) < 4.78 is 6.73. The van der Waals surface area contributed by atoms with E-state index >= 15 is 0 Å². The van der Waals surface area contributed by atoms with Crippen LogP contribution in [0.25, 0.3) is 5.69 Å². The van der Waals surface area contributed by atoms with Crippen LogP contribution in [0, 0.1) is 13.8 Å². The molecular formula is C19H19ClN6O3S. The number of benzene rings is 2. The quantitative estimate of drug-likeness (QED) is 0.442. The van der Waals surface area contributed by atoms with Crippen molar-refractivity contribution in [1.29, 1.82) is 0 Å². The van der Waals surface area contributed by atoms with Gasteiger partial charge in [0.05, 0.1) is 24.1 Å². The second-order valence-electron chi connectivity index (χ2n) is 6.25. The Labute approximate surface area is 182 Å². The van der Waals surface area contributed by atoms with Crippen molar-refractivity contribution in [3.63, 3.8) is 0 Å². The maximum Gasteiger partial charge on any atom is 0.273 e. The van der Waals surface area contributed by atoms with Crippen LogP contribution in [0.15, 0.2) is 41.6 Å². The number of aromatic nitrogens is 4. The summed E-state index contributed by atoms with van der Waals surface area (Å²) in [5.74, 6) is -0.634. The zero-order valence-electron chi connectivity index (χ0n) is 16.5. The van der Waals surface area contributed by atoms with Gasteiger partial charge in [0.2, 0.25) is 11.1 Å². The molecule has 0 radical (unpaired) electrons. The Morgan fingerprint density at radius 1 is 1.17 bits per heavy atom. The van der Waals surface area contributed by atoms with Crippen molar-refractivity contribution in [2.45, 2.75) is 19.0 Å². The number of halogens is 1. The molecule has 0 aliphatic carbocycles. The first kappa shape index (κ1) is 21.6. The highest BCUT2D eigenvalue weighted by molar-refractivity contribution is 7.99. The lowest BCUT2D eigenvalue weighted by Gasteiger charge is -2.11. The van der Waals surface area contributed by atoms with Gasteiger partial charge in [0.15, 0.2) is 0 Å². The Morgan fingerprint density at radius 2 is 1.90 bits per heavy atom. The Balaban J connectivity index is 1.61. The van der Waals surface area contributed by atoms with Crippen LogP contribution in [0.5, 0.6) is 5.75 Å². The lowest BCUT2D eigenvalue weighted by molar-refractivity contribution is -0.119. The summed E-state index contributed by atoms with van der Waals surface area (Å²) in [7, 11) is 1.44. The minimum atomic E-state index is -0.548. The van der Waals surface area contributed by atoms with Crippen LogP contribution in [-0.2, 0) is 4.79 Å². The Bertz CT molecular complexity index is 1070. The molecule has 0 unspecified atom stereocenters. The molecule has 3 rings (SSSR count). The van der Waals surface area contributed by atoms with Gasteiger partial charge in [0.1, 0.15) is 5.75 Å². The number of ether oxygens (including phenoxy) is 1. The van der Waals surface area contributed by atoms with Gasteiger partial charge in [-0.3, -0.25) is 20.4 Å². The lowest BCUT2D eigenvalue weighted by Crippen LogP contribution is -2.42. The first-order chi connectivity index (χ1) is 14.4. The van der Waals surface area contributed by atoms with Gasteiger partial charge < -0.3 is 4.74 Å². The van der Waals surface area contributed by atoms with Crippen LogP contribution in [0.3, 0.4) is 0 Å². The Hall–Kier alpha value is -3.11. The molecule has 0 aliphatic heterocycles. The van der Waals surface area contributed by atoms with Gasteiger partial charge in [-0.05, 0) is 53.6 Å². The fraction of sp³-hybridized carbons (Fsp3) is 0.211. The normalized spacial score (nSPS) is 10.5. The maximum atomic E-state index is 12.3. The number of tetrazole rings is 1. The number of rotatable bonds is 6. The number of carbonyl (C=O) groups is 2. The predicted octanol–water partition coefficient (Wildman–Crippen LogP) is 2.49. The molecule has 0 bridgehead atoms. The van der Waals surface area contributed by atoms with E-state index in [0.717, 1.165) is 28.6 Å². The third-order valence-electron chi connectivity index (χ3n) is 4.15. The summed E-state index contributed by atoms with van der Waals surface area (Å²) in [5, 5.41) is 12.6. The molecule has 2 N–H and O–H groups in total. The third-order valence-corrected chi connectivity index (χ3v) is 5.30. The number of carbonyl (C=O) groups excluding carboxylic acids is 2. The number of hydrogen-bond donors (Lipinski definition) is 2. The number of methoxy groups -OCH3 is 1. The number of hydrogen-bond acceptors (Lipinski definition) is 7. The zero-order chi connectivity index (χ0) is 21.7. The topological polar surface area (TPSA) is 111 Å². The summed E-state index contributed by atoms with van der Waals surface area (Å²) >= 11 is 7.08. The van der Waals surface area contributed by atoms with E-state index in [4.69, 9.17) is 16.3 Å². The molecule has 11 heteroatoms. The number of amides is 2. The van der Waals surface area contributed by atoms with Gasteiger partial charge in [0, 0.05) is 5.02 Å². The minimum Gasteiger partial charge on any atom is -0.496 e. The van der Waals surface area contributed by atoms with E-state index in [2.05, 4.69) is 26.4 Å². The molecule has 0 atom stereocenters. The van der Waals surface area contributed by atoms with E-state index in [1.54, 1.807) is 16.8 Å². The Morgan fingerprint density at radius 3 is 2.60 bits per heavy atom. The van der Waals surface area contributed by atoms with Gasteiger partial charge in [-0.2, -0.15) is 4.68 Å². The van der Waals surface area contributed by atoms with E-state index in [0.29, 0.717) is 15.9 Å². The second-order valence-corrected chi connectivity index (χ2v) is 7.63. The molecule has 1 heterocycles. The third kappa shape index (κ3) is 4.89. The molecule has 30 heavy (non-hydrogen) atoms. The first-order valence-electron chi connectivity index (χ1n) is 8.81. The summed E-state index contributed by atoms with van der Waals surface area (Å²) in [5.41, 5.74) is 7.80. The lowest BCUT2D eigenvalue weighted by atomic mass is 10.1. The van der Waals surface area contributed by atoms with Gasteiger partial charge >= 0.3 is 0 Å². The van der Waals surface area contributed by atoms with Crippen molar-refractivity contribution in [3.05, 3.63) is 58.1 Å². The average molecular weight is 447 g/mol. The summed E-state index contributed by atoms with van der Waals surface area (Å²) in [6.45, 7) is 3.93. The van der Waals surface area contributed by atoms with Crippen molar-refractivity contribution in [3.8, 4) is 11.4 Å². The molecule has 0 saturated heterocycles. The highest BCUT2D eigenvalue weighted by Crippen LogP contribution is 2.24. The van der Waals surface area contributed by atoms with Gasteiger partial charge in [-0.1, -0.05) is 41.6 Å². The highest BCUT2D eigenvalue weighted by Gasteiger charge is 2.16. The predicted molar refractivity (Wildman–Crippen MR) is 113 cm³/mol. The molecule has 1 aromatic heterocycles. The van der Waals surface area contributed by atoms with Crippen molar-refractivity contribution in [1.82, 2.24) is 31.1 Å². The van der Waals surface area contributed by atoms with Crippen LogP contribution in [0.2, 0.25) is 5.02 Å². The number of thioether (sulfide) groups is 1.